The minimum atomic E-state index is 0.737. The van der Waals surface area contributed by atoms with Crippen molar-refractivity contribution in [3.8, 4) is 11.5 Å². The number of anilines is 1. The molecule has 0 amide bonds. The second-order valence-corrected chi connectivity index (χ2v) is 4.16. The van der Waals surface area contributed by atoms with Gasteiger partial charge in [0.2, 0.25) is 0 Å². The third-order valence-electron chi connectivity index (χ3n) is 2.86. The van der Waals surface area contributed by atoms with Gasteiger partial charge in [-0.15, -0.1) is 0 Å². The highest BCUT2D eigenvalue weighted by Crippen LogP contribution is 2.28. The van der Waals surface area contributed by atoms with E-state index in [0.29, 0.717) is 0 Å². The summed E-state index contributed by atoms with van der Waals surface area (Å²) in [6.45, 7) is 0.747. The largest absolute Gasteiger partial charge is 0.493 e. The van der Waals surface area contributed by atoms with Gasteiger partial charge in [0.25, 0.3) is 0 Å². The lowest BCUT2D eigenvalue weighted by atomic mass is 10.2. The molecule has 1 aromatic carbocycles. The van der Waals surface area contributed by atoms with Crippen LogP contribution in [0.15, 0.2) is 36.5 Å². The predicted octanol–water partition coefficient (Wildman–Crippen LogP) is 2.54. The summed E-state index contributed by atoms with van der Waals surface area (Å²) < 4.78 is 10.5. The maximum Gasteiger partial charge on any atom is 0.161 e. The van der Waals surface area contributed by atoms with Crippen molar-refractivity contribution in [3.63, 3.8) is 0 Å². The monoisotopic (exact) mass is 257 g/mol. The van der Waals surface area contributed by atoms with E-state index >= 15 is 0 Å². The van der Waals surface area contributed by atoms with Crippen LogP contribution in [0.25, 0.3) is 0 Å². The van der Waals surface area contributed by atoms with Crippen LogP contribution in [0.3, 0.4) is 0 Å². The summed E-state index contributed by atoms with van der Waals surface area (Å²) >= 11 is 0. The van der Waals surface area contributed by atoms with Gasteiger partial charge in [-0.1, -0.05) is 6.07 Å². The first-order valence-corrected chi connectivity index (χ1v) is 5.98. The average molecular weight is 257 g/mol. The molecule has 2 rings (SSSR count). The molecule has 0 aliphatic rings. The molecule has 0 unspecified atom stereocenters. The molecule has 2 aromatic rings. The molecule has 0 N–H and O–H groups in total. The molecule has 0 saturated carbocycles. The Kier molecular flexibility index (Phi) is 4.23. The summed E-state index contributed by atoms with van der Waals surface area (Å²) in [7, 11) is 5.27. The molecule has 4 nitrogen and oxygen atoms in total. The highest BCUT2D eigenvalue weighted by atomic mass is 16.5. The van der Waals surface area contributed by atoms with Crippen molar-refractivity contribution in [2.24, 2.45) is 0 Å². The van der Waals surface area contributed by atoms with Gasteiger partial charge in [0.05, 0.1) is 14.2 Å². The van der Waals surface area contributed by atoms with E-state index in [1.54, 1.807) is 20.4 Å². The lowest BCUT2D eigenvalue weighted by Crippen LogP contribution is -2.17. The van der Waals surface area contributed by atoms with E-state index in [1.165, 1.54) is 0 Å². The van der Waals surface area contributed by atoms with Crippen LogP contribution >= 0.6 is 0 Å². The molecular formula is C15H17N2O2. The Morgan fingerprint density at radius 1 is 1.16 bits per heavy atom. The van der Waals surface area contributed by atoms with Gasteiger partial charge in [0.1, 0.15) is 5.82 Å². The van der Waals surface area contributed by atoms with E-state index < -0.39 is 0 Å². The fourth-order valence-corrected chi connectivity index (χ4v) is 1.87. The first-order valence-electron chi connectivity index (χ1n) is 5.98. The molecule has 0 spiro atoms. The summed E-state index contributed by atoms with van der Waals surface area (Å²) in [6.07, 6.45) is 1.67. The maximum absolute atomic E-state index is 5.30. The molecular weight excluding hydrogens is 240 g/mol. The summed E-state index contributed by atoms with van der Waals surface area (Å²) in [4.78, 5) is 6.33. The number of hydrogen-bond acceptors (Lipinski definition) is 4. The molecule has 0 fully saturated rings. The van der Waals surface area contributed by atoms with Crippen LogP contribution in [-0.4, -0.2) is 26.3 Å². The summed E-state index contributed by atoms with van der Waals surface area (Å²) in [6, 6.07) is 12.6. The molecule has 19 heavy (non-hydrogen) atoms. The van der Waals surface area contributed by atoms with E-state index in [0.717, 1.165) is 29.4 Å². The minimum absolute atomic E-state index is 0.737. The molecule has 1 heterocycles. The number of benzene rings is 1. The summed E-state index contributed by atoms with van der Waals surface area (Å²) in [5.41, 5.74) is 1.13. The van der Waals surface area contributed by atoms with Crippen LogP contribution in [-0.2, 0) is 6.54 Å². The van der Waals surface area contributed by atoms with Crippen LogP contribution in [0.1, 0.15) is 5.56 Å². The molecule has 0 atom stereocenters. The van der Waals surface area contributed by atoms with Crippen LogP contribution in [0, 0.1) is 6.07 Å². The van der Waals surface area contributed by atoms with Crippen LogP contribution < -0.4 is 14.4 Å². The third-order valence-corrected chi connectivity index (χ3v) is 2.86. The lowest BCUT2D eigenvalue weighted by molar-refractivity contribution is 0.354. The first-order chi connectivity index (χ1) is 9.24. The highest BCUT2D eigenvalue weighted by molar-refractivity contribution is 5.45. The number of methoxy groups -OCH3 is 2. The van der Waals surface area contributed by atoms with Crippen molar-refractivity contribution < 1.29 is 9.47 Å². The van der Waals surface area contributed by atoms with E-state index in [-0.39, 0.29) is 0 Å². The Hall–Kier alpha value is -2.23. The zero-order valence-corrected chi connectivity index (χ0v) is 11.4. The highest BCUT2D eigenvalue weighted by Gasteiger charge is 2.07. The third kappa shape index (κ3) is 3.16. The Morgan fingerprint density at radius 2 is 1.95 bits per heavy atom. The SMILES string of the molecule is COc1ccc(CN(C)c2cc[c]cn2)cc1OC. The van der Waals surface area contributed by atoms with E-state index in [9.17, 15) is 0 Å². The Morgan fingerprint density at radius 3 is 2.58 bits per heavy atom. The van der Waals surface area contributed by atoms with Gasteiger partial charge in [0, 0.05) is 25.9 Å². The van der Waals surface area contributed by atoms with Crippen molar-refractivity contribution in [2.45, 2.75) is 6.54 Å². The number of rotatable bonds is 5. The average Bonchev–Trinajstić information content (AvgIpc) is 2.48. The second kappa shape index (κ2) is 6.09. The van der Waals surface area contributed by atoms with Gasteiger partial charge in [-0.3, -0.25) is 0 Å². The summed E-state index contributed by atoms with van der Waals surface area (Å²) in [5, 5.41) is 0. The molecule has 1 radical (unpaired) electrons. The first kappa shape index (κ1) is 13.2. The quantitative estimate of drug-likeness (QED) is 0.824. The second-order valence-electron chi connectivity index (χ2n) is 4.16. The number of ether oxygens (including phenoxy) is 2. The zero-order valence-electron chi connectivity index (χ0n) is 11.4. The molecule has 0 aliphatic heterocycles. The summed E-state index contributed by atoms with van der Waals surface area (Å²) in [5.74, 6) is 2.39. The van der Waals surface area contributed by atoms with Crippen molar-refractivity contribution in [2.75, 3.05) is 26.2 Å². The van der Waals surface area contributed by atoms with Crippen molar-refractivity contribution >= 4 is 5.82 Å². The minimum Gasteiger partial charge on any atom is -0.493 e. The van der Waals surface area contributed by atoms with Gasteiger partial charge in [-0.25, -0.2) is 4.98 Å². The van der Waals surface area contributed by atoms with E-state index in [1.807, 2.05) is 37.4 Å². The Balaban J connectivity index is 2.15. The van der Waals surface area contributed by atoms with Gasteiger partial charge in [-0.05, 0) is 29.8 Å². The Bertz CT molecular complexity index is 529. The smallest absolute Gasteiger partial charge is 0.161 e. The van der Waals surface area contributed by atoms with E-state index in [2.05, 4.69) is 16.0 Å². The molecule has 99 valence electrons. The molecule has 1 aromatic heterocycles. The Labute approximate surface area is 113 Å². The molecule has 0 saturated heterocycles. The van der Waals surface area contributed by atoms with Crippen LogP contribution in [0.2, 0.25) is 0 Å². The van der Waals surface area contributed by atoms with Gasteiger partial charge >= 0.3 is 0 Å². The topological polar surface area (TPSA) is 34.6 Å². The molecule has 4 heteroatoms. The van der Waals surface area contributed by atoms with E-state index in [4.69, 9.17) is 9.47 Å². The number of pyridine rings is 1. The van der Waals surface area contributed by atoms with Crippen LogP contribution in [0.5, 0.6) is 11.5 Å². The number of aromatic nitrogens is 1. The molecule has 0 aliphatic carbocycles. The predicted molar refractivity (Wildman–Crippen MR) is 74.7 cm³/mol. The fourth-order valence-electron chi connectivity index (χ4n) is 1.87. The normalized spacial score (nSPS) is 10.1. The van der Waals surface area contributed by atoms with Crippen LogP contribution in [0.4, 0.5) is 5.82 Å². The van der Waals surface area contributed by atoms with Gasteiger partial charge in [0.15, 0.2) is 11.5 Å². The standard InChI is InChI=1S/C15H17N2O2/c1-17(15-6-4-5-9-16-15)11-12-7-8-13(18-2)14(10-12)19-3/h4,6-10H,11H2,1-3H3. The molecule has 0 bridgehead atoms. The van der Waals surface area contributed by atoms with Crippen molar-refractivity contribution in [3.05, 3.63) is 48.2 Å². The zero-order chi connectivity index (χ0) is 13.7. The van der Waals surface area contributed by atoms with Gasteiger partial charge in [-0.2, -0.15) is 0 Å². The number of hydrogen-bond donors (Lipinski definition) is 0. The van der Waals surface area contributed by atoms with Crippen molar-refractivity contribution in [1.29, 1.82) is 0 Å². The lowest BCUT2D eigenvalue weighted by Gasteiger charge is -2.18. The fraction of sp³-hybridized carbons (Fsp3) is 0.267. The van der Waals surface area contributed by atoms with Crippen molar-refractivity contribution in [1.82, 2.24) is 4.98 Å². The van der Waals surface area contributed by atoms with Gasteiger partial charge < -0.3 is 14.4 Å². The maximum atomic E-state index is 5.30. The number of nitrogens with zero attached hydrogens (tertiary/aromatic N) is 2.